The van der Waals surface area contributed by atoms with Gasteiger partial charge in [-0.2, -0.15) is 5.10 Å². The number of hydrogen-bond acceptors (Lipinski definition) is 3. The van der Waals surface area contributed by atoms with E-state index >= 15 is 0 Å². The van der Waals surface area contributed by atoms with Crippen LogP contribution in [-0.2, 0) is 4.79 Å². The zero-order valence-corrected chi connectivity index (χ0v) is 11.6. The molecule has 6 heteroatoms. The second-order valence-electron chi connectivity index (χ2n) is 3.66. The minimum atomic E-state index is -0.317. The lowest BCUT2D eigenvalue weighted by Crippen LogP contribution is -2.24. The molecule has 0 aliphatic carbocycles. The van der Waals surface area contributed by atoms with Gasteiger partial charge in [-0.05, 0) is 30.3 Å². The Labute approximate surface area is 118 Å². The van der Waals surface area contributed by atoms with Gasteiger partial charge in [-0.25, -0.2) is 5.43 Å². The minimum absolute atomic E-state index is 0.0848. The molecule has 0 atom stereocenters. The zero-order chi connectivity index (χ0) is 13.5. The molecule has 1 aromatic heterocycles. The summed E-state index contributed by atoms with van der Waals surface area (Å²) in [6, 6.07) is 11.0. The minimum Gasteiger partial charge on any atom is -0.484 e. The Balaban J connectivity index is 1.76. The van der Waals surface area contributed by atoms with Crippen LogP contribution in [0.5, 0.6) is 5.75 Å². The number of aromatic amines is 1. The average molecular weight is 322 g/mol. The van der Waals surface area contributed by atoms with E-state index in [-0.39, 0.29) is 12.5 Å². The molecule has 0 aliphatic heterocycles. The molecule has 19 heavy (non-hydrogen) atoms. The molecule has 1 amide bonds. The number of hydrazone groups is 1. The molecule has 0 radical (unpaired) electrons. The number of carbonyl (C=O) groups is 1. The SMILES string of the molecule is O=C(COc1cccc(Br)c1)NN=Cc1ccc[nH]1. The molecule has 1 aromatic carbocycles. The molecule has 5 nitrogen and oxygen atoms in total. The van der Waals surface area contributed by atoms with E-state index in [2.05, 4.69) is 31.4 Å². The third kappa shape index (κ3) is 4.59. The Morgan fingerprint density at radius 1 is 1.42 bits per heavy atom. The molecule has 2 aromatic rings. The molecule has 0 spiro atoms. The number of ether oxygens (including phenoxy) is 1. The number of nitrogens with zero attached hydrogens (tertiary/aromatic N) is 1. The van der Waals surface area contributed by atoms with Crippen LogP contribution in [0.15, 0.2) is 52.2 Å². The highest BCUT2D eigenvalue weighted by atomic mass is 79.9. The molecule has 98 valence electrons. The largest absolute Gasteiger partial charge is 0.484 e. The van der Waals surface area contributed by atoms with E-state index in [0.29, 0.717) is 5.75 Å². The number of carbonyl (C=O) groups excluding carboxylic acids is 1. The highest BCUT2D eigenvalue weighted by molar-refractivity contribution is 9.10. The standard InChI is InChI=1S/C13H12BrN3O2/c14-10-3-1-5-12(7-10)19-9-13(18)17-16-8-11-4-2-6-15-11/h1-8,15H,9H2,(H,17,18). The van der Waals surface area contributed by atoms with Crippen molar-refractivity contribution in [2.24, 2.45) is 5.10 Å². The average Bonchev–Trinajstić information content (AvgIpc) is 2.90. The molecule has 0 saturated carbocycles. The molecular formula is C13H12BrN3O2. The molecule has 0 bridgehead atoms. The number of H-pyrrole nitrogens is 1. The number of benzene rings is 1. The fourth-order valence-corrected chi connectivity index (χ4v) is 1.71. The zero-order valence-electron chi connectivity index (χ0n) is 9.97. The highest BCUT2D eigenvalue weighted by Crippen LogP contribution is 2.17. The van der Waals surface area contributed by atoms with Crippen LogP contribution in [0.1, 0.15) is 5.69 Å². The summed E-state index contributed by atoms with van der Waals surface area (Å²) >= 11 is 3.33. The predicted molar refractivity (Wildman–Crippen MR) is 76.2 cm³/mol. The smallest absolute Gasteiger partial charge is 0.277 e. The second-order valence-corrected chi connectivity index (χ2v) is 4.58. The van der Waals surface area contributed by atoms with Crippen LogP contribution >= 0.6 is 15.9 Å². The summed E-state index contributed by atoms with van der Waals surface area (Å²) in [5.41, 5.74) is 3.19. The number of halogens is 1. The lowest BCUT2D eigenvalue weighted by molar-refractivity contribution is -0.123. The lowest BCUT2D eigenvalue weighted by Gasteiger charge is -2.04. The van der Waals surface area contributed by atoms with Crippen molar-refractivity contribution in [1.29, 1.82) is 0 Å². The summed E-state index contributed by atoms with van der Waals surface area (Å²) < 4.78 is 6.21. The van der Waals surface area contributed by atoms with Crippen LogP contribution in [0.3, 0.4) is 0 Å². The molecule has 2 rings (SSSR count). The van der Waals surface area contributed by atoms with Gasteiger partial charge in [-0.3, -0.25) is 4.79 Å². The molecule has 1 heterocycles. The van der Waals surface area contributed by atoms with Gasteiger partial charge in [0.2, 0.25) is 0 Å². The van der Waals surface area contributed by atoms with Crippen molar-refractivity contribution in [3.63, 3.8) is 0 Å². The molecular weight excluding hydrogens is 310 g/mol. The third-order valence-corrected chi connectivity index (χ3v) is 2.67. The van der Waals surface area contributed by atoms with Crippen molar-refractivity contribution in [2.45, 2.75) is 0 Å². The molecule has 0 fully saturated rings. The highest BCUT2D eigenvalue weighted by Gasteiger charge is 2.01. The molecule has 0 aliphatic rings. The van der Waals surface area contributed by atoms with E-state index < -0.39 is 0 Å². The quantitative estimate of drug-likeness (QED) is 0.655. The second kappa shape index (κ2) is 6.75. The van der Waals surface area contributed by atoms with Crippen molar-refractivity contribution in [1.82, 2.24) is 10.4 Å². The van der Waals surface area contributed by atoms with Crippen LogP contribution < -0.4 is 10.2 Å². The van der Waals surface area contributed by atoms with Gasteiger partial charge >= 0.3 is 0 Å². The van der Waals surface area contributed by atoms with Crippen LogP contribution in [0, 0.1) is 0 Å². The van der Waals surface area contributed by atoms with E-state index in [1.165, 1.54) is 6.21 Å². The van der Waals surface area contributed by atoms with Crippen molar-refractivity contribution < 1.29 is 9.53 Å². The normalized spacial score (nSPS) is 10.6. The van der Waals surface area contributed by atoms with Crippen molar-refractivity contribution >= 4 is 28.1 Å². The van der Waals surface area contributed by atoms with Gasteiger partial charge in [0.15, 0.2) is 6.61 Å². The maximum absolute atomic E-state index is 11.5. The molecule has 2 N–H and O–H groups in total. The van der Waals surface area contributed by atoms with Crippen molar-refractivity contribution in [2.75, 3.05) is 6.61 Å². The van der Waals surface area contributed by atoms with E-state index in [1.54, 1.807) is 18.3 Å². The van der Waals surface area contributed by atoms with Gasteiger partial charge in [-0.15, -0.1) is 0 Å². The fourth-order valence-electron chi connectivity index (χ4n) is 1.34. The summed E-state index contributed by atoms with van der Waals surface area (Å²) in [5.74, 6) is 0.306. The van der Waals surface area contributed by atoms with Crippen LogP contribution in [0.2, 0.25) is 0 Å². The van der Waals surface area contributed by atoms with Crippen LogP contribution in [0.25, 0.3) is 0 Å². The first kappa shape index (κ1) is 13.4. The molecule has 0 unspecified atom stereocenters. The fraction of sp³-hybridized carbons (Fsp3) is 0.0769. The van der Waals surface area contributed by atoms with Gasteiger partial charge < -0.3 is 9.72 Å². The summed E-state index contributed by atoms with van der Waals surface area (Å²) in [5, 5.41) is 3.80. The molecule has 0 saturated heterocycles. The Morgan fingerprint density at radius 2 is 2.32 bits per heavy atom. The van der Waals surface area contributed by atoms with Gasteiger partial charge in [0.25, 0.3) is 5.91 Å². The Morgan fingerprint density at radius 3 is 3.05 bits per heavy atom. The van der Waals surface area contributed by atoms with Crippen LogP contribution in [0.4, 0.5) is 0 Å². The van der Waals surface area contributed by atoms with Crippen LogP contribution in [-0.4, -0.2) is 23.7 Å². The first-order valence-electron chi connectivity index (χ1n) is 5.58. The van der Waals surface area contributed by atoms with Gasteiger partial charge in [0.1, 0.15) is 5.75 Å². The maximum atomic E-state index is 11.5. The number of aromatic nitrogens is 1. The Kier molecular flexibility index (Phi) is 4.74. The lowest BCUT2D eigenvalue weighted by atomic mass is 10.3. The Hall–Kier alpha value is -2.08. The van der Waals surface area contributed by atoms with Gasteiger partial charge in [0, 0.05) is 10.7 Å². The first-order valence-corrected chi connectivity index (χ1v) is 6.37. The summed E-state index contributed by atoms with van der Waals surface area (Å²) in [7, 11) is 0. The van der Waals surface area contributed by atoms with Crippen molar-refractivity contribution in [3.8, 4) is 5.75 Å². The summed E-state index contributed by atoms with van der Waals surface area (Å²) in [4.78, 5) is 14.4. The third-order valence-electron chi connectivity index (χ3n) is 2.18. The van der Waals surface area contributed by atoms with Crippen molar-refractivity contribution in [3.05, 3.63) is 52.8 Å². The Bertz CT molecular complexity index is 567. The van der Waals surface area contributed by atoms with E-state index in [4.69, 9.17) is 4.74 Å². The van der Waals surface area contributed by atoms with Gasteiger partial charge in [-0.1, -0.05) is 22.0 Å². The summed E-state index contributed by atoms with van der Waals surface area (Å²) in [6.07, 6.45) is 3.30. The number of nitrogens with one attached hydrogen (secondary N) is 2. The first-order chi connectivity index (χ1) is 9.24. The predicted octanol–water partition coefficient (Wildman–Crippen LogP) is 2.31. The number of rotatable bonds is 5. The topological polar surface area (TPSA) is 66.5 Å². The van der Waals surface area contributed by atoms with E-state index in [0.717, 1.165) is 10.2 Å². The van der Waals surface area contributed by atoms with E-state index in [1.807, 2.05) is 24.3 Å². The monoisotopic (exact) mass is 321 g/mol. The maximum Gasteiger partial charge on any atom is 0.277 e. The number of hydrogen-bond donors (Lipinski definition) is 2. The van der Waals surface area contributed by atoms with E-state index in [9.17, 15) is 4.79 Å². The summed E-state index contributed by atoms with van der Waals surface area (Å²) in [6.45, 7) is -0.0848. The van der Waals surface area contributed by atoms with Gasteiger partial charge in [0.05, 0.1) is 11.9 Å². The number of amides is 1.